The van der Waals surface area contributed by atoms with Crippen LogP contribution in [0.1, 0.15) is 21.9 Å². The van der Waals surface area contributed by atoms with Gasteiger partial charge in [0.2, 0.25) is 17.6 Å². The van der Waals surface area contributed by atoms with Gasteiger partial charge in [0.15, 0.2) is 5.82 Å². The van der Waals surface area contributed by atoms with Crippen LogP contribution in [0.5, 0.6) is 0 Å². The second kappa shape index (κ2) is 6.10. The van der Waals surface area contributed by atoms with Crippen molar-refractivity contribution in [3.05, 3.63) is 71.6 Å². The minimum Gasteiger partial charge on any atom is -0.308 e. The molecule has 9 heteroatoms. The Bertz CT molecular complexity index is 1150. The highest BCUT2D eigenvalue weighted by molar-refractivity contribution is 6.06. The Balaban J connectivity index is 1.75. The molecule has 0 aliphatic carbocycles. The minimum absolute atomic E-state index is 0.0404. The van der Waals surface area contributed by atoms with Gasteiger partial charge < -0.3 is 5.32 Å². The molecule has 0 aliphatic heterocycles. The number of hydrogen-bond acceptors (Lipinski definition) is 6. The Morgan fingerprint density at radius 3 is 2.77 bits per heavy atom. The summed E-state index contributed by atoms with van der Waals surface area (Å²) in [6.45, 7) is 0. The molecule has 0 saturated heterocycles. The van der Waals surface area contributed by atoms with E-state index in [9.17, 15) is 9.18 Å². The summed E-state index contributed by atoms with van der Waals surface area (Å²) < 4.78 is 14.7. The molecule has 4 aromatic rings. The zero-order chi connectivity index (χ0) is 18.1. The maximum atomic E-state index is 13.1. The number of carbonyl (C=O) groups excluding carboxylic acids is 1. The topological polar surface area (TPSA) is 112 Å². The van der Waals surface area contributed by atoms with Gasteiger partial charge in [0.05, 0.1) is 0 Å². The van der Waals surface area contributed by atoms with Crippen LogP contribution in [0, 0.1) is 17.1 Å². The summed E-state index contributed by atoms with van der Waals surface area (Å²) >= 11 is 0. The zero-order valence-corrected chi connectivity index (χ0v) is 13.1. The van der Waals surface area contributed by atoms with E-state index in [1.54, 1.807) is 22.7 Å². The van der Waals surface area contributed by atoms with Gasteiger partial charge in [-0.05, 0) is 36.4 Å². The van der Waals surface area contributed by atoms with Gasteiger partial charge in [-0.15, -0.1) is 0 Å². The lowest BCUT2D eigenvalue weighted by molar-refractivity contribution is 0.102. The molecule has 0 saturated carbocycles. The second-order valence-corrected chi connectivity index (χ2v) is 5.35. The lowest BCUT2D eigenvalue weighted by atomic mass is 10.1. The molecular formula is C17H10FN7O. The van der Waals surface area contributed by atoms with Crippen molar-refractivity contribution in [3.8, 4) is 6.07 Å². The van der Waals surface area contributed by atoms with Gasteiger partial charge in [-0.2, -0.15) is 15.3 Å². The summed E-state index contributed by atoms with van der Waals surface area (Å²) in [7, 11) is 0. The molecule has 4 rings (SSSR count). The van der Waals surface area contributed by atoms with Gasteiger partial charge in [-0.1, -0.05) is 0 Å². The predicted octanol–water partition coefficient (Wildman–Crippen LogP) is 2.44. The number of carbonyl (C=O) groups is 1. The third-order valence-corrected chi connectivity index (χ3v) is 3.64. The molecule has 0 radical (unpaired) electrons. The van der Waals surface area contributed by atoms with E-state index in [0.29, 0.717) is 17.4 Å². The summed E-state index contributed by atoms with van der Waals surface area (Å²) in [6.07, 6.45) is 1.72. The highest BCUT2D eigenvalue weighted by Gasteiger charge is 2.16. The Labute approximate surface area is 145 Å². The van der Waals surface area contributed by atoms with Crippen LogP contribution >= 0.6 is 0 Å². The first-order chi connectivity index (χ1) is 12.6. The molecule has 3 aromatic heterocycles. The van der Waals surface area contributed by atoms with E-state index in [-0.39, 0.29) is 17.1 Å². The Morgan fingerprint density at radius 1 is 1.23 bits per heavy atom. The highest BCUT2D eigenvalue weighted by atomic mass is 19.1. The van der Waals surface area contributed by atoms with Gasteiger partial charge >= 0.3 is 0 Å². The molecule has 0 atom stereocenters. The van der Waals surface area contributed by atoms with E-state index >= 15 is 0 Å². The van der Waals surface area contributed by atoms with Crippen molar-refractivity contribution < 1.29 is 9.18 Å². The number of H-pyrrole nitrogens is 1. The van der Waals surface area contributed by atoms with E-state index in [2.05, 4.69) is 25.5 Å². The number of nitrogens with zero attached hydrogens (tertiary/aromatic N) is 5. The van der Waals surface area contributed by atoms with Crippen molar-refractivity contribution in [2.45, 2.75) is 0 Å². The average molecular weight is 347 g/mol. The molecule has 2 N–H and O–H groups in total. The molecule has 26 heavy (non-hydrogen) atoms. The van der Waals surface area contributed by atoms with Crippen molar-refractivity contribution in [1.29, 1.82) is 5.26 Å². The molecular weight excluding hydrogens is 337 g/mol. The lowest BCUT2D eigenvalue weighted by Crippen LogP contribution is -2.12. The Morgan fingerprint density at radius 2 is 2.04 bits per heavy atom. The number of hydrogen-bond donors (Lipinski definition) is 2. The fraction of sp³-hybridized carbons (Fsp3) is 0. The van der Waals surface area contributed by atoms with E-state index in [0.717, 1.165) is 0 Å². The van der Waals surface area contributed by atoms with Gasteiger partial charge in [0.1, 0.15) is 23.2 Å². The van der Waals surface area contributed by atoms with Crippen molar-refractivity contribution in [2.24, 2.45) is 0 Å². The first kappa shape index (κ1) is 15.5. The zero-order valence-electron chi connectivity index (χ0n) is 13.1. The first-order valence-corrected chi connectivity index (χ1v) is 7.52. The summed E-state index contributed by atoms with van der Waals surface area (Å²) in [5, 5.41) is 18.3. The normalized spacial score (nSPS) is 10.6. The highest BCUT2D eigenvalue weighted by Crippen LogP contribution is 2.17. The van der Waals surface area contributed by atoms with Crippen molar-refractivity contribution >= 4 is 23.2 Å². The fourth-order valence-corrected chi connectivity index (χ4v) is 2.41. The van der Waals surface area contributed by atoms with Crippen LogP contribution in [0.25, 0.3) is 5.65 Å². The van der Waals surface area contributed by atoms with Gasteiger partial charge in [0.25, 0.3) is 0 Å². The van der Waals surface area contributed by atoms with Gasteiger partial charge in [-0.25, -0.2) is 9.37 Å². The first-order valence-electron chi connectivity index (χ1n) is 7.52. The van der Waals surface area contributed by atoms with E-state index in [1.807, 2.05) is 6.07 Å². The van der Waals surface area contributed by atoms with Gasteiger partial charge in [0, 0.05) is 17.8 Å². The average Bonchev–Trinajstić information content (AvgIpc) is 3.30. The summed E-state index contributed by atoms with van der Waals surface area (Å²) in [5.41, 5.74) is 1.07. The number of aromatic amines is 1. The van der Waals surface area contributed by atoms with E-state index < -0.39 is 11.6 Å². The molecule has 0 fully saturated rings. The summed E-state index contributed by atoms with van der Waals surface area (Å²) in [6, 6.07) is 12.1. The summed E-state index contributed by atoms with van der Waals surface area (Å²) in [4.78, 5) is 21.1. The number of anilines is 2. The van der Waals surface area contributed by atoms with Crippen LogP contribution in [0.3, 0.4) is 0 Å². The number of nitrogens with one attached hydrogen (secondary N) is 2. The molecule has 8 nitrogen and oxygen atoms in total. The summed E-state index contributed by atoms with van der Waals surface area (Å²) in [5.74, 6) is -0.228. The molecule has 1 aromatic carbocycles. The third-order valence-electron chi connectivity index (χ3n) is 3.64. The number of halogens is 1. The second-order valence-electron chi connectivity index (χ2n) is 5.35. The number of fused-ring (bicyclic) bond motifs is 1. The monoisotopic (exact) mass is 347 g/mol. The molecule has 0 aliphatic rings. The lowest BCUT2D eigenvalue weighted by Gasteiger charge is -2.08. The SMILES string of the molecule is N#Cc1cc(Nc2nc(C(=O)c3ccc(F)cc3)nc3cccn23)n[nH]1. The maximum absolute atomic E-state index is 13.1. The Hall–Kier alpha value is -4.06. The molecule has 126 valence electrons. The minimum atomic E-state index is -0.434. The molecule has 0 amide bonds. The van der Waals surface area contributed by atoms with Crippen LogP contribution in [0.4, 0.5) is 16.2 Å². The predicted molar refractivity (Wildman–Crippen MR) is 89.4 cm³/mol. The molecule has 0 bridgehead atoms. The number of benzene rings is 1. The maximum Gasteiger partial charge on any atom is 0.230 e. The van der Waals surface area contributed by atoms with Crippen molar-refractivity contribution in [2.75, 3.05) is 5.32 Å². The number of ketones is 1. The number of aromatic nitrogens is 5. The van der Waals surface area contributed by atoms with E-state index in [4.69, 9.17) is 5.26 Å². The third kappa shape index (κ3) is 2.76. The van der Waals surface area contributed by atoms with E-state index in [1.165, 1.54) is 30.3 Å². The van der Waals surface area contributed by atoms with Crippen LogP contribution in [-0.4, -0.2) is 30.3 Å². The fourth-order valence-electron chi connectivity index (χ4n) is 2.41. The van der Waals surface area contributed by atoms with Crippen LogP contribution in [0.15, 0.2) is 48.7 Å². The number of rotatable bonds is 4. The largest absolute Gasteiger partial charge is 0.308 e. The smallest absolute Gasteiger partial charge is 0.230 e. The van der Waals surface area contributed by atoms with Crippen molar-refractivity contribution in [1.82, 2.24) is 24.6 Å². The standard InChI is InChI=1S/C17H10FN7O/c18-11-5-3-10(4-6-11)15(26)16-21-14-2-1-7-25(14)17(22-16)20-13-8-12(9-19)23-24-13/h1-8H,(H2,20,21,22,23,24). The molecule has 3 heterocycles. The molecule has 0 unspecified atom stereocenters. The Kier molecular flexibility index (Phi) is 3.63. The number of nitriles is 1. The van der Waals surface area contributed by atoms with Crippen molar-refractivity contribution in [3.63, 3.8) is 0 Å². The quantitative estimate of drug-likeness (QED) is 0.548. The van der Waals surface area contributed by atoms with Crippen LogP contribution < -0.4 is 5.32 Å². The van der Waals surface area contributed by atoms with Gasteiger partial charge in [-0.3, -0.25) is 14.3 Å². The van der Waals surface area contributed by atoms with Crippen LogP contribution in [-0.2, 0) is 0 Å². The van der Waals surface area contributed by atoms with Crippen LogP contribution in [0.2, 0.25) is 0 Å². The molecule has 0 spiro atoms.